The Balaban J connectivity index is 3.48. The fourth-order valence-corrected chi connectivity index (χ4v) is 1.71. The van der Waals surface area contributed by atoms with E-state index in [0.717, 1.165) is 0 Å². The van der Waals surface area contributed by atoms with Gasteiger partial charge < -0.3 is 9.47 Å². The summed E-state index contributed by atoms with van der Waals surface area (Å²) in [6.45, 7) is 1.25. The molecule has 0 saturated heterocycles. The maximum atomic E-state index is 13.1. The van der Waals surface area contributed by atoms with Crippen LogP contribution in [-0.2, 0) is 10.6 Å². The van der Waals surface area contributed by atoms with Crippen LogP contribution in [-0.4, -0.2) is 23.9 Å². The molecule has 1 rings (SSSR count). The molecule has 118 valence electrons. The number of hydrogen-bond donors (Lipinski definition) is 0. The highest BCUT2D eigenvalue weighted by atomic mass is 35.5. The van der Waals surface area contributed by atoms with E-state index in [-0.39, 0.29) is 12.3 Å². The molecule has 0 fully saturated rings. The molecule has 10 heteroatoms. The van der Waals surface area contributed by atoms with Crippen molar-refractivity contribution < 1.29 is 36.2 Å². The van der Waals surface area contributed by atoms with E-state index in [1.165, 1.54) is 6.92 Å². The van der Waals surface area contributed by atoms with Crippen LogP contribution in [0.15, 0.2) is 6.20 Å². The number of alkyl halides is 6. The zero-order valence-corrected chi connectivity index (χ0v) is 11.3. The second kappa shape index (κ2) is 6.88. The molecule has 0 saturated carbocycles. The molecule has 0 atom stereocenters. The molecule has 21 heavy (non-hydrogen) atoms. The maximum absolute atomic E-state index is 13.1. The molecule has 0 bridgehead atoms. The van der Waals surface area contributed by atoms with Gasteiger partial charge in [0.1, 0.15) is 0 Å². The number of halogens is 6. The van der Waals surface area contributed by atoms with Crippen LogP contribution in [0.4, 0.5) is 22.0 Å². The predicted molar refractivity (Wildman–Crippen MR) is 61.4 cm³/mol. The van der Waals surface area contributed by atoms with E-state index in [1.807, 2.05) is 0 Å². The summed E-state index contributed by atoms with van der Waals surface area (Å²) in [6, 6.07) is 0. The van der Waals surface area contributed by atoms with Crippen molar-refractivity contribution in [1.82, 2.24) is 4.98 Å². The number of rotatable bonds is 5. The second-order valence-corrected chi connectivity index (χ2v) is 3.83. The van der Waals surface area contributed by atoms with Gasteiger partial charge in [0.15, 0.2) is 5.75 Å². The first kappa shape index (κ1) is 17.4. The molecule has 4 nitrogen and oxygen atoms in total. The monoisotopic (exact) mass is 333 g/mol. The molecule has 0 spiro atoms. The van der Waals surface area contributed by atoms with Gasteiger partial charge in [0.05, 0.1) is 35.5 Å². The lowest BCUT2D eigenvalue weighted by Crippen LogP contribution is -2.21. The number of esters is 1. The van der Waals surface area contributed by atoms with Gasteiger partial charge in [-0.2, -0.15) is 0 Å². The number of nitrogens with zero attached hydrogens (tertiary/aromatic N) is 1. The number of hydrogen-bond acceptors (Lipinski definition) is 4. The summed E-state index contributed by atoms with van der Waals surface area (Å²) < 4.78 is 70.7. The van der Waals surface area contributed by atoms with E-state index >= 15 is 0 Å². The number of pyridine rings is 1. The highest BCUT2D eigenvalue weighted by molar-refractivity contribution is 6.17. The van der Waals surface area contributed by atoms with Gasteiger partial charge in [-0.3, -0.25) is 4.98 Å². The Morgan fingerprint density at radius 2 is 2.05 bits per heavy atom. The van der Waals surface area contributed by atoms with Crippen molar-refractivity contribution in [2.24, 2.45) is 0 Å². The van der Waals surface area contributed by atoms with Gasteiger partial charge in [-0.1, -0.05) is 0 Å². The van der Waals surface area contributed by atoms with Gasteiger partial charge in [-0.05, 0) is 6.92 Å². The lowest BCUT2D eigenvalue weighted by Gasteiger charge is -2.17. The molecule has 0 aliphatic rings. The van der Waals surface area contributed by atoms with Crippen molar-refractivity contribution in [3.05, 3.63) is 23.0 Å². The Morgan fingerprint density at radius 3 is 2.48 bits per heavy atom. The Labute approximate surface area is 120 Å². The van der Waals surface area contributed by atoms with Crippen molar-refractivity contribution in [2.45, 2.75) is 25.6 Å². The van der Waals surface area contributed by atoms with Crippen molar-refractivity contribution in [2.75, 3.05) is 6.61 Å². The van der Waals surface area contributed by atoms with E-state index in [1.54, 1.807) is 0 Å². The van der Waals surface area contributed by atoms with E-state index < -0.39 is 41.5 Å². The first-order valence-corrected chi connectivity index (χ1v) is 6.03. The van der Waals surface area contributed by atoms with Gasteiger partial charge in [-0.15, -0.1) is 24.8 Å². The van der Waals surface area contributed by atoms with Gasteiger partial charge in [0.25, 0.3) is 6.43 Å². The van der Waals surface area contributed by atoms with Crippen molar-refractivity contribution >= 4 is 17.6 Å². The molecule has 1 heterocycles. The minimum absolute atomic E-state index is 0.159. The van der Waals surface area contributed by atoms with Crippen molar-refractivity contribution in [1.29, 1.82) is 0 Å². The Kier molecular flexibility index (Phi) is 5.70. The number of ether oxygens (including phenoxy) is 2. The Morgan fingerprint density at radius 1 is 1.43 bits per heavy atom. The fourth-order valence-electron chi connectivity index (χ4n) is 1.50. The molecular formula is C11H9ClF5NO3. The Bertz CT molecular complexity index is 521. The molecule has 1 aromatic heterocycles. The van der Waals surface area contributed by atoms with Crippen LogP contribution in [0.3, 0.4) is 0 Å². The van der Waals surface area contributed by atoms with Gasteiger partial charge in [-0.25, -0.2) is 13.6 Å². The summed E-state index contributed by atoms with van der Waals surface area (Å²) in [5, 5.41) is 0. The number of aromatic nitrogens is 1. The highest BCUT2D eigenvalue weighted by Gasteiger charge is 2.36. The molecule has 0 amide bonds. The van der Waals surface area contributed by atoms with Crippen LogP contribution in [0.2, 0.25) is 0 Å². The predicted octanol–water partition coefficient (Wildman–Crippen LogP) is 3.83. The highest BCUT2D eigenvalue weighted by Crippen LogP contribution is 2.36. The van der Waals surface area contributed by atoms with Crippen LogP contribution < -0.4 is 4.74 Å². The quantitative estimate of drug-likeness (QED) is 0.467. The zero-order chi connectivity index (χ0) is 16.2. The van der Waals surface area contributed by atoms with E-state index in [2.05, 4.69) is 14.5 Å². The molecule has 0 aromatic carbocycles. The first-order chi connectivity index (χ1) is 9.71. The van der Waals surface area contributed by atoms with E-state index in [0.29, 0.717) is 6.20 Å². The molecule has 0 radical (unpaired) electrons. The van der Waals surface area contributed by atoms with E-state index in [9.17, 15) is 26.7 Å². The topological polar surface area (TPSA) is 48.4 Å². The lowest BCUT2D eigenvalue weighted by atomic mass is 10.1. The lowest BCUT2D eigenvalue weighted by molar-refractivity contribution is -0.275. The van der Waals surface area contributed by atoms with Crippen LogP contribution in [0.5, 0.6) is 5.75 Å². The third kappa shape index (κ3) is 4.42. The summed E-state index contributed by atoms with van der Waals surface area (Å²) in [5.74, 6) is -2.97. The minimum atomic E-state index is -5.21. The molecule has 0 N–H and O–H groups in total. The summed E-state index contributed by atoms with van der Waals surface area (Å²) in [6.07, 6.45) is -8.18. The average molecular weight is 334 g/mol. The summed E-state index contributed by atoms with van der Waals surface area (Å²) >= 11 is 5.46. The molecular weight excluding hydrogens is 325 g/mol. The van der Waals surface area contributed by atoms with Crippen molar-refractivity contribution in [3.63, 3.8) is 0 Å². The van der Waals surface area contributed by atoms with Gasteiger partial charge in [0, 0.05) is 0 Å². The second-order valence-electron chi connectivity index (χ2n) is 3.56. The fraction of sp³-hybridized carbons (Fsp3) is 0.455. The zero-order valence-electron chi connectivity index (χ0n) is 10.5. The minimum Gasteiger partial charge on any atom is -0.462 e. The summed E-state index contributed by atoms with van der Waals surface area (Å²) in [7, 11) is 0. The molecule has 0 aliphatic carbocycles. The third-order valence-corrected chi connectivity index (χ3v) is 2.46. The summed E-state index contributed by atoms with van der Waals surface area (Å²) in [4.78, 5) is 15.1. The normalized spacial score (nSPS) is 11.6. The van der Waals surface area contributed by atoms with Gasteiger partial charge >= 0.3 is 12.3 Å². The average Bonchev–Trinajstić information content (AvgIpc) is 2.36. The van der Waals surface area contributed by atoms with Gasteiger partial charge in [0.2, 0.25) is 0 Å². The number of carbonyl (C=O) groups excluding carboxylic acids is 1. The third-order valence-electron chi connectivity index (χ3n) is 2.21. The first-order valence-electron chi connectivity index (χ1n) is 5.50. The van der Waals surface area contributed by atoms with Crippen LogP contribution in [0.25, 0.3) is 0 Å². The maximum Gasteiger partial charge on any atom is 0.573 e. The molecule has 0 unspecified atom stereocenters. The summed E-state index contributed by atoms with van der Waals surface area (Å²) in [5.41, 5.74) is -2.39. The van der Waals surface area contributed by atoms with Crippen LogP contribution in [0.1, 0.15) is 35.0 Å². The van der Waals surface area contributed by atoms with Crippen LogP contribution >= 0.6 is 11.6 Å². The standard InChI is InChI=1S/C11H9ClF5NO3/c1-2-20-10(19)7-5(3-12)18-4-6(8(7)9(13)14)21-11(15,16)17/h4,9H,2-3H2,1H3. The Hall–Kier alpha value is -1.64. The van der Waals surface area contributed by atoms with E-state index in [4.69, 9.17) is 11.6 Å². The van der Waals surface area contributed by atoms with Crippen LogP contribution in [0, 0.1) is 0 Å². The SMILES string of the molecule is CCOC(=O)c1c(CCl)ncc(OC(F)(F)F)c1C(F)F. The number of carbonyl (C=O) groups is 1. The molecule has 0 aliphatic heterocycles. The largest absolute Gasteiger partial charge is 0.573 e. The van der Waals surface area contributed by atoms with Crippen molar-refractivity contribution in [3.8, 4) is 5.75 Å². The molecule has 1 aromatic rings. The smallest absolute Gasteiger partial charge is 0.462 e.